The molecule has 28 heavy (non-hydrogen) atoms. The van der Waals surface area contributed by atoms with E-state index in [1.54, 1.807) is 6.08 Å². The molecule has 2 aromatic carbocycles. The maximum atomic E-state index is 12.4. The van der Waals surface area contributed by atoms with Crippen LogP contribution in [0.3, 0.4) is 0 Å². The molecule has 1 amide bonds. The second-order valence-corrected chi connectivity index (χ2v) is 8.56. The van der Waals surface area contributed by atoms with Crippen molar-refractivity contribution in [1.82, 2.24) is 14.8 Å². The van der Waals surface area contributed by atoms with Crippen molar-refractivity contribution in [3.63, 3.8) is 0 Å². The summed E-state index contributed by atoms with van der Waals surface area (Å²) in [6, 6.07) is 14.1. The lowest BCUT2D eigenvalue weighted by Gasteiger charge is -2.10. The van der Waals surface area contributed by atoms with Crippen LogP contribution in [0.15, 0.2) is 60.3 Å². The van der Waals surface area contributed by atoms with Gasteiger partial charge in [-0.25, -0.2) is 0 Å². The molecule has 0 radical (unpaired) electrons. The third kappa shape index (κ3) is 5.02. The quantitative estimate of drug-likeness (QED) is 0.277. The van der Waals surface area contributed by atoms with Crippen LogP contribution in [-0.2, 0) is 11.3 Å². The van der Waals surface area contributed by atoms with Crippen LogP contribution in [0, 0.1) is 17.4 Å². The number of rotatable bonds is 7. The second kappa shape index (κ2) is 9.38. The van der Waals surface area contributed by atoms with E-state index in [1.807, 2.05) is 60.9 Å². The smallest absolute Gasteiger partial charge is 0.234 e. The summed E-state index contributed by atoms with van der Waals surface area (Å²) in [5.74, 6) is 0.963. The number of carbonyl (C=O) groups excluding carboxylic acids is 1. The molecule has 0 bridgehead atoms. The zero-order chi connectivity index (χ0) is 20.1. The fourth-order valence-corrected chi connectivity index (χ4v) is 4.08. The number of allylic oxidation sites excluding steroid dienone is 1. The van der Waals surface area contributed by atoms with E-state index in [9.17, 15) is 4.79 Å². The molecule has 5 nitrogen and oxygen atoms in total. The first-order chi connectivity index (χ1) is 13.5. The highest BCUT2D eigenvalue weighted by molar-refractivity contribution is 14.1. The molecule has 1 heterocycles. The normalized spacial score (nSPS) is 10.7. The first kappa shape index (κ1) is 20.6. The first-order valence-electron chi connectivity index (χ1n) is 8.78. The number of aromatic nitrogens is 3. The number of nitrogens with zero attached hydrogens (tertiary/aromatic N) is 3. The number of hydrogen-bond donors (Lipinski definition) is 1. The van der Waals surface area contributed by atoms with Gasteiger partial charge in [-0.2, -0.15) is 0 Å². The van der Waals surface area contributed by atoms with Gasteiger partial charge in [0.05, 0.1) is 5.75 Å². The summed E-state index contributed by atoms with van der Waals surface area (Å²) in [4.78, 5) is 12.4. The van der Waals surface area contributed by atoms with E-state index >= 15 is 0 Å². The zero-order valence-electron chi connectivity index (χ0n) is 15.8. The van der Waals surface area contributed by atoms with Crippen LogP contribution in [0.2, 0.25) is 0 Å². The first-order valence-corrected chi connectivity index (χ1v) is 10.8. The number of halogens is 1. The van der Waals surface area contributed by atoms with Crippen LogP contribution in [0.5, 0.6) is 0 Å². The van der Waals surface area contributed by atoms with Crippen molar-refractivity contribution in [3.05, 3.63) is 69.8 Å². The summed E-state index contributed by atoms with van der Waals surface area (Å²) >= 11 is 3.63. The Kier molecular flexibility index (Phi) is 6.90. The van der Waals surface area contributed by atoms with E-state index in [0.717, 1.165) is 26.2 Å². The summed E-state index contributed by atoms with van der Waals surface area (Å²) < 4.78 is 3.12. The summed E-state index contributed by atoms with van der Waals surface area (Å²) in [7, 11) is 0. The van der Waals surface area contributed by atoms with Crippen molar-refractivity contribution in [2.45, 2.75) is 25.5 Å². The van der Waals surface area contributed by atoms with Crippen molar-refractivity contribution in [3.8, 4) is 11.4 Å². The molecule has 0 aliphatic heterocycles. The predicted molar refractivity (Wildman–Crippen MR) is 124 cm³/mol. The second-order valence-electron chi connectivity index (χ2n) is 6.37. The van der Waals surface area contributed by atoms with Gasteiger partial charge in [-0.15, -0.1) is 16.8 Å². The largest absolute Gasteiger partial charge is 0.325 e. The summed E-state index contributed by atoms with van der Waals surface area (Å²) in [5.41, 5.74) is 4.06. The number of benzene rings is 2. The molecule has 1 N–H and O–H groups in total. The van der Waals surface area contributed by atoms with Gasteiger partial charge >= 0.3 is 0 Å². The Morgan fingerprint density at radius 1 is 1.21 bits per heavy atom. The molecular weight excluding hydrogens is 483 g/mol. The molecule has 7 heteroatoms. The van der Waals surface area contributed by atoms with E-state index < -0.39 is 0 Å². The Hall–Kier alpha value is -2.13. The number of nitrogens with one attached hydrogen (secondary N) is 1. The zero-order valence-corrected chi connectivity index (χ0v) is 18.8. The predicted octanol–water partition coefficient (Wildman–Crippen LogP) is 5.08. The van der Waals surface area contributed by atoms with E-state index in [1.165, 1.54) is 17.3 Å². The number of amides is 1. The SMILES string of the molecule is C=CCn1c(SCC(=O)Nc2ccc(I)cc2C)nnc1-c1ccc(C)cc1. The van der Waals surface area contributed by atoms with Gasteiger partial charge in [-0.3, -0.25) is 9.36 Å². The van der Waals surface area contributed by atoms with E-state index in [4.69, 9.17) is 0 Å². The van der Waals surface area contributed by atoms with Gasteiger partial charge in [0.15, 0.2) is 11.0 Å². The van der Waals surface area contributed by atoms with Gasteiger partial charge in [-0.1, -0.05) is 47.7 Å². The van der Waals surface area contributed by atoms with Gasteiger partial charge in [-0.05, 0) is 60.2 Å². The number of hydrogen-bond acceptors (Lipinski definition) is 4. The Bertz CT molecular complexity index is 998. The molecule has 0 saturated carbocycles. The van der Waals surface area contributed by atoms with Crippen LogP contribution >= 0.6 is 34.4 Å². The summed E-state index contributed by atoms with van der Waals surface area (Å²) in [6.07, 6.45) is 1.81. The lowest BCUT2D eigenvalue weighted by molar-refractivity contribution is -0.113. The fraction of sp³-hybridized carbons (Fsp3) is 0.190. The number of anilines is 1. The van der Waals surface area contributed by atoms with Gasteiger partial charge in [0.2, 0.25) is 5.91 Å². The topological polar surface area (TPSA) is 59.8 Å². The van der Waals surface area contributed by atoms with Crippen LogP contribution in [0.4, 0.5) is 5.69 Å². The van der Waals surface area contributed by atoms with Crippen LogP contribution < -0.4 is 5.32 Å². The maximum Gasteiger partial charge on any atom is 0.234 e. The Balaban J connectivity index is 1.72. The minimum Gasteiger partial charge on any atom is -0.325 e. The van der Waals surface area contributed by atoms with Crippen molar-refractivity contribution >= 4 is 45.9 Å². The molecule has 0 aliphatic carbocycles. The minimum atomic E-state index is -0.0700. The average molecular weight is 504 g/mol. The molecule has 0 atom stereocenters. The van der Waals surface area contributed by atoms with Crippen molar-refractivity contribution in [2.24, 2.45) is 0 Å². The third-order valence-corrected chi connectivity index (χ3v) is 5.77. The molecule has 3 rings (SSSR count). The highest BCUT2D eigenvalue weighted by atomic mass is 127. The molecule has 0 unspecified atom stereocenters. The molecule has 144 valence electrons. The van der Waals surface area contributed by atoms with E-state index in [2.05, 4.69) is 44.7 Å². The van der Waals surface area contributed by atoms with Gasteiger partial charge in [0.1, 0.15) is 0 Å². The molecule has 0 spiro atoms. The summed E-state index contributed by atoms with van der Waals surface area (Å²) in [6.45, 7) is 8.44. The van der Waals surface area contributed by atoms with Crippen LogP contribution in [0.25, 0.3) is 11.4 Å². The molecule has 1 aromatic heterocycles. The number of aryl methyl sites for hydroxylation is 2. The number of thioether (sulfide) groups is 1. The Morgan fingerprint density at radius 2 is 1.96 bits per heavy atom. The fourth-order valence-electron chi connectivity index (χ4n) is 2.69. The Labute approximate surface area is 182 Å². The van der Waals surface area contributed by atoms with Gasteiger partial charge < -0.3 is 5.32 Å². The van der Waals surface area contributed by atoms with E-state index in [0.29, 0.717) is 11.7 Å². The van der Waals surface area contributed by atoms with Crippen LogP contribution in [-0.4, -0.2) is 26.4 Å². The van der Waals surface area contributed by atoms with Gasteiger partial charge in [0, 0.05) is 21.4 Å². The number of carbonyl (C=O) groups is 1. The molecule has 0 aliphatic rings. The highest BCUT2D eigenvalue weighted by Crippen LogP contribution is 2.25. The van der Waals surface area contributed by atoms with Gasteiger partial charge in [0.25, 0.3) is 0 Å². The molecule has 0 saturated heterocycles. The standard InChI is InChI=1S/C21H21IN4OS/c1-4-11-26-20(16-7-5-14(2)6-8-16)24-25-21(26)28-13-19(27)23-18-10-9-17(22)12-15(18)3/h4-10,12H,1,11,13H2,2-3H3,(H,23,27). The maximum absolute atomic E-state index is 12.4. The lowest BCUT2D eigenvalue weighted by Crippen LogP contribution is -2.15. The lowest BCUT2D eigenvalue weighted by atomic mass is 10.1. The third-order valence-electron chi connectivity index (χ3n) is 4.13. The monoisotopic (exact) mass is 504 g/mol. The van der Waals surface area contributed by atoms with E-state index in [-0.39, 0.29) is 11.7 Å². The van der Waals surface area contributed by atoms with Crippen molar-refractivity contribution in [2.75, 3.05) is 11.1 Å². The highest BCUT2D eigenvalue weighted by Gasteiger charge is 2.15. The molecule has 0 fully saturated rings. The van der Waals surface area contributed by atoms with Crippen molar-refractivity contribution in [1.29, 1.82) is 0 Å². The average Bonchev–Trinajstić information content (AvgIpc) is 3.06. The minimum absolute atomic E-state index is 0.0700. The molecular formula is C21H21IN4OS. The Morgan fingerprint density at radius 3 is 2.64 bits per heavy atom. The summed E-state index contributed by atoms with van der Waals surface area (Å²) in [5, 5.41) is 12.3. The van der Waals surface area contributed by atoms with Crippen molar-refractivity contribution < 1.29 is 4.79 Å². The van der Waals surface area contributed by atoms with Crippen LogP contribution in [0.1, 0.15) is 11.1 Å². The molecule has 3 aromatic rings.